The van der Waals surface area contributed by atoms with E-state index in [9.17, 15) is 9.90 Å². The Morgan fingerprint density at radius 2 is 2.07 bits per heavy atom. The van der Waals surface area contributed by atoms with Crippen molar-refractivity contribution in [1.29, 1.82) is 0 Å². The van der Waals surface area contributed by atoms with E-state index in [0.717, 1.165) is 25.7 Å². The van der Waals surface area contributed by atoms with E-state index in [2.05, 4.69) is 4.74 Å². The lowest BCUT2D eigenvalue weighted by Crippen LogP contribution is -2.09. The van der Waals surface area contributed by atoms with Gasteiger partial charge in [-0.25, -0.2) is 0 Å². The standard InChI is InChI=1S/C10H19IO3/c1-8(10(11)13)6-4-3-5-7-9(12)14-2/h8,10,13H,3-7H2,1-2H3/t8-,10-/m1/s1. The summed E-state index contributed by atoms with van der Waals surface area (Å²) in [6.45, 7) is 2.04. The molecule has 0 spiro atoms. The van der Waals surface area contributed by atoms with Gasteiger partial charge in [0.25, 0.3) is 0 Å². The molecular formula is C10H19IO3. The molecule has 0 aromatic heterocycles. The van der Waals surface area contributed by atoms with E-state index < -0.39 is 0 Å². The minimum absolute atomic E-state index is 0.132. The molecule has 0 aliphatic heterocycles. The quantitative estimate of drug-likeness (QED) is 0.340. The Bertz CT molecular complexity index is 159. The molecular weight excluding hydrogens is 295 g/mol. The zero-order valence-corrected chi connectivity index (χ0v) is 11.0. The normalized spacial score (nSPS) is 14.9. The summed E-state index contributed by atoms with van der Waals surface area (Å²) in [7, 11) is 1.41. The number of hydrogen-bond acceptors (Lipinski definition) is 3. The summed E-state index contributed by atoms with van der Waals surface area (Å²) in [6.07, 6.45) is 4.51. The maximum absolute atomic E-state index is 10.8. The molecule has 0 aliphatic carbocycles. The van der Waals surface area contributed by atoms with E-state index in [4.69, 9.17) is 0 Å². The number of alkyl halides is 1. The van der Waals surface area contributed by atoms with Crippen LogP contribution in [0.25, 0.3) is 0 Å². The fourth-order valence-corrected chi connectivity index (χ4v) is 1.51. The number of carbonyl (C=O) groups is 1. The number of aliphatic hydroxyl groups is 1. The number of hydrogen-bond donors (Lipinski definition) is 1. The molecule has 4 heteroatoms. The van der Waals surface area contributed by atoms with Crippen molar-refractivity contribution in [3.05, 3.63) is 0 Å². The first-order chi connectivity index (χ1) is 6.57. The highest BCUT2D eigenvalue weighted by Gasteiger charge is 2.09. The van der Waals surface area contributed by atoms with Gasteiger partial charge in [0.1, 0.15) is 4.11 Å². The SMILES string of the molecule is COC(=O)CCCCC[C@@H](C)[C@@H](O)I. The van der Waals surface area contributed by atoms with Crippen molar-refractivity contribution < 1.29 is 14.6 Å². The third-order valence-electron chi connectivity index (χ3n) is 2.24. The van der Waals surface area contributed by atoms with Crippen LogP contribution in [0.5, 0.6) is 0 Å². The van der Waals surface area contributed by atoms with Gasteiger partial charge in [0.2, 0.25) is 0 Å². The summed E-state index contributed by atoms with van der Waals surface area (Å²) < 4.78 is 4.28. The molecule has 2 atom stereocenters. The zero-order chi connectivity index (χ0) is 11.0. The van der Waals surface area contributed by atoms with Crippen LogP contribution in [0.3, 0.4) is 0 Å². The van der Waals surface area contributed by atoms with Gasteiger partial charge in [-0.1, -0.05) is 42.4 Å². The predicted molar refractivity (Wildman–Crippen MR) is 64.3 cm³/mol. The van der Waals surface area contributed by atoms with E-state index >= 15 is 0 Å². The predicted octanol–water partition coefficient (Wildman–Crippen LogP) is 2.50. The molecule has 0 amide bonds. The van der Waals surface area contributed by atoms with Crippen molar-refractivity contribution in [2.45, 2.75) is 43.1 Å². The van der Waals surface area contributed by atoms with Crippen molar-refractivity contribution in [2.24, 2.45) is 5.92 Å². The summed E-state index contributed by atoms with van der Waals surface area (Å²) >= 11 is 2.03. The highest BCUT2D eigenvalue weighted by molar-refractivity contribution is 14.1. The molecule has 0 aromatic rings. The lowest BCUT2D eigenvalue weighted by molar-refractivity contribution is -0.140. The Kier molecular flexibility index (Phi) is 8.56. The Hall–Kier alpha value is 0.160. The van der Waals surface area contributed by atoms with E-state index in [0.29, 0.717) is 12.3 Å². The Balaban J connectivity index is 3.25. The van der Waals surface area contributed by atoms with E-state index in [1.165, 1.54) is 7.11 Å². The van der Waals surface area contributed by atoms with Crippen LogP contribution in [-0.2, 0) is 9.53 Å². The summed E-state index contributed by atoms with van der Waals surface area (Å²) in [5.41, 5.74) is 0. The van der Waals surface area contributed by atoms with Crippen LogP contribution >= 0.6 is 22.6 Å². The fraction of sp³-hybridized carbons (Fsp3) is 0.900. The second kappa shape index (κ2) is 8.47. The van der Waals surface area contributed by atoms with Gasteiger partial charge in [0.05, 0.1) is 7.11 Å². The summed E-state index contributed by atoms with van der Waals surface area (Å²) in [6, 6.07) is 0. The van der Waals surface area contributed by atoms with Crippen LogP contribution < -0.4 is 0 Å². The molecule has 0 radical (unpaired) electrons. The second-order valence-corrected chi connectivity index (χ2v) is 4.80. The van der Waals surface area contributed by atoms with Crippen LogP contribution in [0.1, 0.15) is 39.0 Å². The molecule has 0 fully saturated rings. The van der Waals surface area contributed by atoms with E-state index in [1.807, 2.05) is 29.5 Å². The zero-order valence-electron chi connectivity index (χ0n) is 8.83. The molecule has 0 aromatic carbocycles. The first-order valence-corrected chi connectivity index (χ1v) is 6.21. The van der Waals surface area contributed by atoms with Crippen LogP contribution in [0, 0.1) is 5.92 Å². The average Bonchev–Trinajstić information content (AvgIpc) is 2.16. The molecule has 84 valence electrons. The minimum atomic E-state index is -0.256. The monoisotopic (exact) mass is 314 g/mol. The third kappa shape index (κ3) is 7.55. The van der Waals surface area contributed by atoms with Crippen LogP contribution in [0.4, 0.5) is 0 Å². The molecule has 0 saturated heterocycles. The number of halogens is 1. The van der Waals surface area contributed by atoms with Gasteiger partial charge in [0, 0.05) is 6.42 Å². The largest absolute Gasteiger partial charge is 0.469 e. The Morgan fingerprint density at radius 1 is 1.43 bits per heavy atom. The van der Waals surface area contributed by atoms with E-state index in [1.54, 1.807) is 0 Å². The van der Waals surface area contributed by atoms with Gasteiger partial charge in [-0.3, -0.25) is 4.79 Å². The first kappa shape index (κ1) is 14.2. The highest BCUT2D eigenvalue weighted by atomic mass is 127. The summed E-state index contributed by atoms with van der Waals surface area (Å²) in [5.74, 6) is 0.209. The van der Waals surface area contributed by atoms with Gasteiger partial charge in [-0.15, -0.1) is 0 Å². The number of rotatable bonds is 7. The van der Waals surface area contributed by atoms with Crippen molar-refractivity contribution in [3.8, 4) is 0 Å². The molecule has 0 saturated carbocycles. The topological polar surface area (TPSA) is 46.5 Å². The number of esters is 1. The van der Waals surface area contributed by atoms with Crippen LogP contribution in [-0.4, -0.2) is 22.3 Å². The van der Waals surface area contributed by atoms with Gasteiger partial charge in [-0.2, -0.15) is 0 Å². The molecule has 3 nitrogen and oxygen atoms in total. The van der Waals surface area contributed by atoms with Gasteiger partial charge in [-0.05, 0) is 18.8 Å². The molecule has 14 heavy (non-hydrogen) atoms. The van der Waals surface area contributed by atoms with E-state index in [-0.39, 0.29) is 10.1 Å². The molecule has 0 aliphatic rings. The Labute approximate surface area is 99.4 Å². The molecule has 0 bridgehead atoms. The lowest BCUT2D eigenvalue weighted by atomic mass is 10.0. The van der Waals surface area contributed by atoms with Gasteiger partial charge in [0.15, 0.2) is 0 Å². The maximum Gasteiger partial charge on any atom is 0.305 e. The summed E-state index contributed by atoms with van der Waals surface area (Å²) in [4.78, 5) is 10.8. The number of carbonyl (C=O) groups excluding carboxylic acids is 1. The molecule has 0 heterocycles. The second-order valence-electron chi connectivity index (χ2n) is 3.53. The highest BCUT2D eigenvalue weighted by Crippen LogP contribution is 2.17. The first-order valence-electron chi connectivity index (χ1n) is 4.97. The van der Waals surface area contributed by atoms with Crippen molar-refractivity contribution in [2.75, 3.05) is 7.11 Å². The van der Waals surface area contributed by atoms with Crippen molar-refractivity contribution in [1.82, 2.24) is 0 Å². The third-order valence-corrected chi connectivity index (χ3v) is 3.47. The molecule has 1 N–H and O–H groups in total. The van der Waals surface area contributed by atoms with Gasteiger partial charge >= 0.3 is 5.97 Å². The maximum atomic E-state index is 10.8. The molecule has 0 unspecified atom stereocenters. The van der Waals surface area contributed by atoms with Crippen molar-refractivity contribution in [3.63, 3.8) is 0 Å². The van der Waals surface area contributed by atoms with Crippen LogP contribution in [0.2, 0.25) is 0 Å². The Morgan fingerprint density at radius 3 is 2.57 bits per heavy atom. The molecule has 0 rings (SSSR count). The number of aliphatic hydroxyl groups excluding tert-OH is 1. The number of methoxy groups -OCH3 is 1. The average molecular weight is 314 g/mol. The smallest absolute Gasteiger partial charge is 0.305 e. The van der Waals surface area contributed by atoms with Crippen molar-refractivity contribution >= 4 is 28.6 Å². The number of unbranched alkanes of at least 4 members (excludes halogenated alkanes) is 2. The van der Waals surface area contributed by atoms with Gasteiger partial charge < -0.3 is 9.84 Å². The fourth-order valence-electron chi connectivity index (χ4n) is 1.15. The lowest BCUT2D eigenvalue weighted by Gasteiger charge is -2.12. The number of ether oxygens (including phenoxy) is 1. The van der Waals surface area contributed by atoms with Crippen LogP contribution in [0.15, 0.2) is 0 Å². The summed E-state index contributed by atoms with van der Waals surface area (Å²) in [5, 5.41) is 9.22. The minimum Gasteiger partial charge on any atom is -0.469 e.